The van der Waals surface area contributed by atoms with Crippen LogP contribution in [0.2, 0.25) is 0 Å². The van der Waals surface area contributed by atoms with Crippen LogP contribution in [0.25, 0.3) is 11.0 Å². The van der Waals surface area contributed by atoms with Gasteiger partial charge in [0, 0.05) is 18.0 Å². The number of furan rings is 2. The molecule has 0 spiro atoms. The van der Waals surface area contributed by atoms with Crippen LogP contribution in [0.5, 0.6) is 0 Å². The van der Waals surface area contributed by atoms with E-state index >= 15 is 0 Å². The fourth-order valence-electron chi connectivity index (χ4n) is 2.55. The van der Waals surface area contributed by atoms with Gasteiger partial charge in [-0.05, 0) is 25.1 Å². The molecule has 25 heavy (non-hydrogen) atoms. The van der Waals surface area contributed by atoms with Crippen LogP contribution in [0.1, 0.15) is 27.6 Å². The molecule has 0 unspecified atom stereocenters. The third kappa shape index (κ3) is 3.65. The molecule has 0 saturated heterocycles. The molecule has 4 N–H and O–H groups in total. The number of nitrogens with zero attached hydrogens (tertiary/aromatic N) is 1. The van der Waals surface area contributed by atoms with Crippen LogP contribution >= 0.6 is 0 Å². The van der Waals surface area contributed by atoms with Crippen molar-refractivity contribution in [2.75, 3.05) is 7.05 Å². The predicted octanol–water partition coefficient (Wildman–Crippen LogP) is 2.30. The van der Waals surface area contributed by atoms with Crippen LogP contribution in [0.4, 0.5) is 0 Å². The van der Waals surface area contributed by atoms with E-state index in [1.54, 1.807) is 19.2 Å². The van der Waals surface area contributed by atoms with Crippen LogP contribution in [0.15, 0.2) is 50.2 Å². The summed E-state index contributed by atoms with van der Waals surface area (Å²) in [4.78, 5) is 15.2. The number of fused-ring (bicyclic) bond motifs is 1. The summed E-state index contributed by atoms with van der Waals surface area (Å²) in [5.41, 5.74) is 7.14. The maximum Gasteiger partial charge on any atom is 0.284 e. The van der Waals surface area contributed by atoms with E-state index in [-0.39, 0.29) is 5.76 Å². The number of carbonyl (C=O) groups excluding carboxylic acids is 1. The number of aryl methyl sites for hydroxylation is 1. The zero-order chi connectivity index (χ0) is 17.8. The van der Waals surface area contributed by atoms with Crippen LogP contribution < -0.4 is 16.4 Å². The lowest BCUT2D eigenvalue weighted by molar-refractivity contribution is 0.0972. The van der Waals surface area contributed by atoms with Gasteiger partial charge in [0.15, 0.2) is 11.7 Å². The summed E-state index contributed by atoms with van der Waals surface area (Å²) in [6, 6.07) is 11.2. The van der Waals surface area contributed by atoms with Gasteiger partial charge in [0.05, 0.1) is 13.1 Å². The molecule has 2 aromatic heterocycles. The van der Waals surface area contributed by atoms with Gasteiger partial charge in [0.1, 0.15) is 17.1 Å². The Labute approximate surface area is 144 Å². The molecular formula is C18H20N4O3. The summed E-state index contributed by atoms with van der Waals surface area (Å²) >= 11 is 0. The molecule has 0 aliphatic carbocycles. The van der Waals surface area contributed by atoms with E-state index in [4.69, 9.17) is 14.6 Å². The van der Waals surface area contributed by atoms with Gasteiger partial charge in [0.25, 0.3) is 5.91 Å². The molecule has 0 aliphatic rings. The van der Waals surface area contributed by atoms with Gasteiger partial charge < -0.3 is 25.2 Å². The first-order valence-electron chi connectivity index (χ1n) is 7.88. The van der Waals surface area contributed by atoms with Crippen molar-refractivity contribution in [3.05, 3.63) is 59.2 Å². The van der Waals surface area contributed by atoms with Crippen molar-refractivity contribution < 1.29 is 13.6 Å². The minimum atomic E-state index is -0.589. The van der Waals surface area contributed by atoms with Crippen molar-refractivity contribution in [2.45, 2.75) is 20.0 Å². The van der Waals surface area contributed by atoms with Crippen LogP contribution in [-0.4, -0.2) is 18.9 Å². The number of benzene rings is 1. The van der Waals surface area contributed by atoms with Gasteiger partial charge in [0.2, 0.25) is 0 Å². The Morgan fingerprint density at radius 2 is 1.88 bits per heavy atom. The molecule has 0 atom stereocenters. The van der Waals surface area contributed by atoms with Crippen molar-refractivity contribution in [1.29, 1.82) is 0 Å². The zero-order valence-electron chi connectivity index (χ0n) is 14.1. The van der Waals surface area contributed by atoms with Gasteiger partial charge in [-0.1, -0.05) is 18.2 Å². The van der Waals surface area contributed by atoms with E-state index in [1.807, 2.05) is 31.2 Å². The topological polar surface area (TPSA) is 106 Å². The first-order valence-corrected chi connectivity index (χ1v) is 7.88. The van der Waals surface area contributed by atoms with Crippen LogP contribution in [-0.2, 0) is 13.1 Å². The van der Waals surface area contributed by atoms with Crippen molar-refractivity contribution in [1.82, 2.24) is 10.6 Å². The molecule has 7 nitrogen and oxygen atoms in total. The average molecular weight is 340 g/mol. The lowest BCUT2D eigenvalue weighted by Crippen LogP contribution is -2.36. The van der Waals surface area contributed by atoms with Gasteiger partial charge in [-0.2, -0.15) is 0 Å². The first-order chi connectivity index (χ1) is 12.1. The van der Waals surface area contributed by atoms with Crippen molar-refractivity contribution in [3.8, 4) is 0 Å². The fraction of sp³-hybridized carbons (Fsp3) is 0.222. The number of rotatable bonds is 5. The number of carbonyl (C=O) groups is 1. The number of para-hydroxylation sites is 1. The molecule has 3 aromatic rings. The lowest BCUT2D eigenvalue weighted by atomic mass is 10.1. The number of hydrogen-bond acceptors (Lipinski definition) is 4. The summed E-state index contributed by atoms with van der Waals surface area (Å²) in [5, 5.41) is 7.42. The Bertz CT molecular complexity index is 923. The van der Waals surface area contributed by atoms with E-state index < -0.39 is 5.91 Å². The Morgan fingerprint density at radius 3 is 2.56 bits per heavy atom. The highest BCUT2D eigenvalue weighted by atomic mass is 16.4. The number of aliphatic imine (C=N–C) groups is 1. The number of primary amides is 1. The average Bonchev–Trinajstić information content (AvgIpc) is 3.21. The third-order valence-corrected chi connectivity index (χ3v) is 3.92. The molecule has 0 bridgehead atoms. The molecule has 0 fully saturated rings. The number of amides is 1. The predicted molar refractivity (Wildman–Crippen MR) is 95.2 cm³/mol. The van der Waals surface area contributed by atoms with Crippen LogP contribution in [0, 0.1) is 6.92 Å². The Hall–Kier alpha value is -3.22. The van der Waals surface area contributed by atoms with E-state index in [2.05, 4.69) is 15.6 Å². The van der Waals surface area contributed by atoms with Gasteiger partial charge in [-0.15, -0.1) is 0 Å². The smallest absolute Gasteiger partial charge is 0.284 e. The third-order valence-electron chi connectivity index (χ3n) is 3.92. The highest BCUT2D eigenvalue weighted by molar-refractivity contribution is 5.89. The Kier molecular flexibility index (Phi) is 4.74. The minimum Gasteiger partial charge on any atom is -0.459 e. The number of nitrogens with two attached hydrogens (primary N) is 1. The fourth-order valence-corrected chi connectivity index (χ4v) is 2.55. The standard InChI is InChI=1S/C18H20N4O3/c1-11-13-5-3-4-6-14(13)25-16(11)10-22-18(20-2)21-9-12-7-8-15(24-12)17(19)23/h3-8H,9-10H2,1-2H3,(H2,19,23)(H2,20,21,22). The molecule has 7 heteroatoms. The van der Waals surface area contributed by atoms with Gasteiger partial charge in [-0.3, -0.25) is 9.79 Å². The quantitative estimate of drug-likeness (QED) is 0.488. The minimum absolute atomic E-state index is 0.137. The van der Waals surface area contributed by atoms with E-state index in [9.17, 15) is 4.79 Å². The summed E-state index contributed by atoms with van der Waals surface area (Å²) in [5.74, 6) is 1.60. The lowest BCUT2D eigenvalue weighted by Gasteiger charge is -2.10. The Balaban J connectivity index is 1.60. The summed E-state index contributed by atoms with van der Waals surface area (Å²) in [7, 11) is 1.68. The molecule has 2 heterocycles. The molecule has 130 valence electrons. The normalized spacial score (nSPS) is 11.7. The largest absolute Gasteiger partial charge is 0.459 e. The molecule has 1 aromatic carbocycles. The second-order valence-electron chi connectivity index (χ2n) is 5.56. The summed E-state index contributed by atoms with van der Waals surface area (Å²) < 4.78 is 11.2. The summed E-state index contributed by atoms with van der Waals surface area (Å²) in [6.07, 6.45) is 0. The zero-order valence-corrected chi connectivity index (χ0v) is 14.1. The van der Waals surface area contributed by atoms with Crippen molar-refractivity contribution >= 4 is 22.8 Å². The summed E-state index contributed by atoms with van der Waals surface area (Å²) in [6.45, 7) is 2.92. The Morgan fingerprint density at radius 1 is 1.12 bits per heavy atom. The number of guanidine groups is 1. The highest BCUT2D eigenvalue weighted by Crippen LogP contribution is 2.24. The molecule has 1 amide bonds. The highest BCUT2D eigenvalue weighted by Gasteiger charge is 2.11. The maximum atomic E-state index is 11.0. The molecule has 0 radical (unpaired) electrons. The number of nitrogens with one attached hydrogen (secondary N) is 2. The number of hydrogen-bond donors (Lipinski definition) is 3. The van der Waals surface area contributed by atoms with Crippen LogP contribution in [0.3, 0.4) is 0 Å². The SMILES string of the molecule is CN=C(NCc1ccc(C(N)=O)o1)NCc1oc2ccccc2c1C. The molecule has 0 aliphatic heterocycles. The van der Waals surface area contributed by atoms with Crippen molar-refractivity contribution in [3.63, 3.8) is 0 Å². The van der Waals surface area contributed by atoms with E-state index in [0.29, 0.717) is 24.8 Å². The van der Waals surface area contributed by atoms with Gasteiger partial charge >= 0.3 is 0 Å². The molecule has 0 saturated carbocycles. The second kappa shape index (κ2) is 7.12. The van der Waals surface area contributed by atoms with E-state index in [0.717, 1.165) is 22.3 Å². The molecular weight excluding hydrogens is 320 g/mol. The second-order valence-corrected chi connectivity index (χ2v) is 5.56. The monoisotopic (exact) mass is 340 g/mol. The maximum absolute atomic E-state index is 11.0. The van der Waals surface area contributed by atoms with E-state index in [1.165, 1.54) is 0 Å². The van der Waals surface area contributed by atoms with Gasteiger partial charge in [-0.25, -0.2) is 0 Å². The first kappa shape index (κ1) is 16.6. The molecule has 3 rings (SSSR count). The van der Waals surface area contributed by atoms with Crippen molar-refractivity contribution in [2.24, 2.45) is 10.7 Å².